The number of hydrogen-bond donors (Lipinski definition) is 2. The minimum absolute atomic E-state index is 0.0614. The molecule has 1 aromatic rings. The van der Waals surface area contributed by atoms with Crippen molar-refractivity contribution in [1.29, 1.82) is 0 Å². The molecule has 1 amide bonds. The number of amides is 1. The predicted octanol–water partition coefficient (Wildman–Crippen LogP) is 2.65. The van der Waals surface area contributed by atoms with E-state index < -0.39 is 6.09 Å². The molecule has 0 spiro atoms. The zero-order valence-electron chi connectivity index (χ0n) is 7.83. The fraction of sp³-hybridized carbons (Fsp3) is 0.300. The Morgan fingerprint density at radius 2 is 2.07 bits per heavy atom. The van der Waals surface area contributed by atoms with Gasteiger partial charge in [-0.25, -0.2) is 4.79 Å². The number of carboxylic acid groups (broad SMARTS) is 1. The Morgan fingerprint density at radius 1 is 1.50 bits per heavy atom. The highest BCUT2D eigenvalue weighted by molar-refractivity contribution is 9.10. The zero-order chi connectivity index (χ0) is 10.6. The van der Waals surface area contributed by atoms with E-state index >= 15 is 0 Å². The quantitative estimate of drug-likeness (QED) is 0.875. The summed E-state index contributed by atoms with van der Waals surface area (Å²) in [5.41, 5.74) is 1.12. The first-order valence-corrected chi connectivity index (χ1v) is 5.11. The van der Waals surface area contributed by atoms with Gasteiger partial charge in [-0.15, -0.1) is 0 Å². The lowest BCUT2D eigenvalue weighted by Gasteiger charge is -2.10. The van der Waals surface area contributed by atoms with Gasteiger partial charge in [-0.2, -0.15) is 0 Å². The smallest absolute Gasteiger partial charge is 0.404 e. The van der Waals surface area contributed by atoms with Gasteiger partial charge >= 0.3 is 6.09 Å². The maximum absolute atomic E-state index is 10.3. The van der Waals surface area contributed by atoms with E-state index in [1.807, 2.05) is 31.2 Å². The van der Waals surface area contributed by atoms with E-state index in [4.69, 9.17) is 5.11 Å². The fourth-order valence-corrected chi connectivity index (χ4v) is 1.50. The Kier molecular flexibility index (Phi) is 3.95. The average molecular weight is 258 g/mol. The van der Waals surface area contributed by atoms with Crippen LogP contribution in [0, 0.1) is 0 Å². The van der Waals surface area contributed by atoms with Crippen LogP contribution in [0.15, 0.2) is 28.7 Å². The fourth-order valence-electron chi connectivity index (χ4n) is 1.24. The highest BCUT2D eigenvalue weighted by Gasteiger charge is 2.05. The van der Waals surface area contributed by atoms with Crippen LogP contribution in [0.1, 0.15) is 12.5 Å². The highest BCUT2D eigenvalue weighted by atomic mass is 79.9. The number of benzene rings is 1. The van der Waals surface area contributed by atoms with Gasteiger partial charge in [0, 0.05) is 10.5 Å². The molecule has 1 rings (SSSR count). The van der Waals surface area contributed by atoms with Crippen LogP contribution in [0.5, 0.6) is 0 Å². The summed E-state index contributed by atoms with van der Waals surface area (Å²) in [6, 6.07) is 7.79. The summed E-state index contributed by atoms with van der Waals surface area (Å²) < 4.78 is 1.03. The summed E-state index contributed by atoms with van der Waals surface area (Å²) in [5.74, 6) is 0. The highest BCUT2D eigenvalue weighted by Crippen LogP contribution is 2.11. The molecule has 0 saturated heterocycles. The predicted molar refractivity (Wildman–Crippen MR) is 58.5 cm³/mol. The summed E-state index contributed by atoms with van der Waals surface area (Å²) >= 11 is 3.34. The Labute approximate surface area is 91.3 Å². The topological polar surface area (TPSA) is 49.3 Å². The van der Waals surface area contributed by atoms with Crippen LogP contribution >= 0.6 is 15.9 Å². The van der Waals surface area contributed by atoms with Gasteiger partial charge < -0.3 is 10.4 Å². The van der Waals surface area contributed by atoms with E-state index in [0.717, 1.165) is 10.0 Å². The van der Waals surface area contributed by atoms with E-state index in [9.17, 15) is 4.79 Å². The summed E-state index contributed by atoms with van der Waals surface area (Å²) in [7, 11) is 0. The molecular formula is C10H12BrNO2. The van der Waals surface area contributed by atoms with Crippen molar-refractivity contribution >= 4 is 22.0 Å². The molecule has 1 unspecified atom stereocenters. The van der Waals surface area contributed by atoms with Crippen molar-refractivity contribution < 1.29 is 9.90 Å². The molecule has 0 aliphatic heterocycles. The third kappa shape index (κ3) is 3.79. The molecule has 0 saturated carbocycles. The molecule has 0 radical (unpaired) electrons. The molecule has 0 bridgehead atoms. The van der Waals surface area contributed by atoms with Crippen LogP contribution < -0.4 is 5.32 Å². The monoisotopic (exact) mass is 257 g/mol. The molecule has 0 fully saturated rings. The second-order valence-corrected chi connectivity index (χ2v) is 4.10. The van der Waals surface area contributed by atoms with E-state index in [1.165, 1.54) is 0 Å². The van der Waals surface area contributed by atoms with Crippen molar-refractivity contribution in [1.82, 2.24) is 5.32 Å². The maximum Gasteiger partial charge on any atom is 0.404 e. The van der Waals surface area contributed by atoms with Crippen molar-refractivity contribution in [3.63, 3.8) is 0 Å². The van der Waals surface area contributed by atoms with Crippen LogP contribution in [0.3, 0.4) is 0 Å². The Morgan fingerprint density at radius 3 is 2.57 bits per heavy atom. The maximum atomic E-state index is 10.3. The summed E-state index contributed by atoms with van der Waals surface area (Å²) in [4.78, 5) is 10.3. The third-order valence-electron chi connectivity index (χ3n) is 1.83. The van der Waals surface area contributed by atoms with E-state index in [0.29, 0.717) is 6.42 Å². The first-order chi connectivity index (χ1) is 6.58. The largest absolute Gasteiger partial charge is 0.465 e. The van der Waals surface area contributed by atoms with Crippen molar-refractivity contribution in [3.8, 4) is 0 Å². The van der Waals surface area contributed by atoms with Crippen LogP contribution in [-0.2, 0) is 6.42 Å². The summed E-state index contributed by atoms with van der Waals surface area (Å²) in [5, 5.41) is 10.9. The van der Waals surface area contributed by atoms with Crippen LogP contribution in [-0.4, -0.2) is 17.2 Å². The Balaban J connectivity index is 2.51. The summed E-state index contributed by atoms with van der Waals surface area (Å²) in [6.45, 7) is 1.84. The first-order valence-electron chi connectivity index (χ1n) is 4.32. The minimum atomic E-state index is -0.977. The van der Waals surface area contributed by atoms with Crippen molar-refractivity contribution in [2.24, 2.45) is 0 Å². The molecule has 3 nitrogen and oxygen atoms in total. The van der Waals surface area contributed by atoms with Gasteiger partial charge in [0.1, 0.15) is 0 Å². The number of halogens is 1. The molecule has 4 heteroatoms. The molecule has 14 heavy (non-hydrogen) atoms. The van der Waals surface area contributed by atoms with Gasteiger partial charge in [0.2, 0.25) is 0 Å². The third-order valence-corrected chi connectivity index (χ3v) is 2.35. The molecule has 0 aliphatic rings. The number of nitrogens with one attached hydrogen (secondary N) is 1. The normalized spacial score (nSPS) is 12.1. The lowest BCUT2D eigenvalue weighted by molar-refractivity contribution is 0.190. The first kappa shape index (κ1) is 11.0. The van der Waals surface area contributed by atoms with Crippen molar-refractivity contribution in [2.45, 2.75) is 19.4 Å². The minimum Gasteiger partial charge on any atom is -0.465 e. The second-order valence-electron chi connectivity index (χ2n) is 3.18. The zero-order valence-corrected chi connectivity index (χ0v) is 9.41. The van der Waals surface area contributed by atoms with Crippen LogP contribution in [0.4, 0.5) is 4.79 Å². The van der Waals surface area contributed by atoms with Crippen LogP contribution in [0.25, 0.3) is 0 Å². The van der Waals surface area contributed by atoms with Crippen LogP contribution in [0.2, 0.25) is 0 Å². The Bertz CT molecular complexity index is 310. The van der Waals surface area contributed by atoms with Gasteiger partial charge in [-0.1, -0.05) is 28.1 Å². The molecule has 1 aromatic carbocycles. The van der Waals surface area contributed by atoms with Gasteiger partial charge in [-0.05, 0) is 31.0 Å². The lowest BCUT2D eigenvalue weighted by Crippen LogP contribution is -2.32. The Hall–Kier alpha value is -1.03. The van der Waals surface area contributed by atoms with E-state index in [2.05, 4.69) is 21.2 Å². The van der Waals surface area contributed by atoms with Gasteiger partial charge in [0.25, 0.3) is 0 Å². The van der Waals surface area contributed by atoms with Crippen molar-refractivity contribution in [2.75, 3.05) is 0 Å². The van der Waals surface area contributed by atoms with Crippen molar-refractivity contribution in [3.05, 3.63) is 34.3 Å². The molecule has 2 N–H and O–H groups in total. The molecular weight excluding hydrogens is 246 g/mol. The SMILES string of the molecule is CC(Cc1ccc(Br)cc1)NC(=O)O. The van der Waals surface area contributed by atoms with E-state index in [1.54, 1.807) is 0 Å². The lowest BCUT2D eigenvalue weighted by atomic mass is 10.1. The number of hydrogen-bond acceptors (Lipinski definition) is 1. The van der Waals surface area contributed by atoms with Gasteiger partial charge in [0.05, 0.1) is 0 Å². The molecule has 76 valence electrons. The second kappa shape index (κ2) is 5.00. The standard InChI is InChI=1S/C10H12BrNO2/c1-7(12-10(13)14)6-8-2-4-9(11)5-3-8/h2-5,7,12H,6H2,1H3,(H,13,14). The average Bonchev–Trinajstić information content (AvgIpc) is 2.07. The van der Waals surface area contributed by atoms with Gasteiger partial charge in [-0.3, -0.25) is 0 Å². The number of carbonyl (C=O) groups is 1. The summed E-state index contributed by atoms with van der Waals surface area (Å²) in [6.07, 6.45) is -0.269. The van der Waals surface area contributed by atoms with E-state index in [-0.39, 0.29) is 6.04 Å². The molecule has 0 heterocycles. The number of rotatable bonds is 3. The molecule has 0 aliphatic carbocycles. The molecule has 0 aromatic heterocycles. The molecule has 1 atom stereocenters. The van der Waals surface area contributed by atoms with Gasteiger partial charge in [0.15, 0.2) is 0 Å².